The van der Waals surface area contributed by atoms with E-state index in [0.29, 0.717) is 19.0 Å². The molecule has 1 unspecified atom stereocenters. The van der Waals surface area contributed by atoms with Gasteiger partial charge < -0.3 is 10.0 Å². The smallest absolute Gasteiger partial charge is 0.305 e. The van der Waals surface area contributed by atoms with Crippen LogP contribution in [0.1, 0.15) is 12.8 Å². The second-order valence-corrected chi connectivity index (χ2v) is 4.20. The number of nitro groups is 1. The fourth-order valence-electron chi connectivity index (χ4n) is 2.00. The third kappa shape index (κ3) is 2.70. The molecule has 0 aromatic carbocycles. The molecule has 96 valence electrons. The molecular weight excluding hydrogens is 240 g/mol. The van der Waals surface area contributed by atoms with Crippen LogP contribution < -0.4 is 4.90 Å². The molecule has 0 saturated carbocycles. The highest BCUT2D eigenvalue weighted by atomic mass is 16.6. The van der Waals surface area contributed by atoms with Gasteiger partial charge in [-0.2, -0.15) is 0 Å². The topological polar surface area (TPSA) is 109 Å². The van der Waals surface area contributed by atoms with Gasteiger partial charge in [0.25, 0.3) is 0 Å². The highest BCUT2D eigenvalue weighted by molar-refractivity contribution is 5.67. The third-order valence-electron chi connectivity index (χ3n) is 2.87. The first-order valence-electron chi connectivity index (χ1n) is 5.49. The monoisotopic (exact) mass is 252 g/mol. The van der Waals surface area contributed by atoms with Crippen LogP contribution in [0.4, 0.5) is 11.6 Å². The molecule has 8 heteroatoms. The van der Waals surface area contributed by atoms with Crippen molar-refractivity contribution < 1.29 is 14.8 Å². The van der Waals surface area contributed by atoms with Gasteiger partial charge in [-0.15, -0.1) is 0 Å². The van der Waals surface area contributed by atoms with Crippen molar-refractivity contribution in [3.05, 3.63) is 22.5 Å². The Bertz CT molecular complexity index is 461. The predicted octanol–water partition coefficient (Wildman–Crippen LogP) is 0.686. The van der Waals surface area contributed by atoms with E-state index in [0.717, 1.165) is 18.8 Å². The van der Waals surface area contributed by atoms with Crippen molar-refractivity contribution in [1.29, 1.82) is 0 Å². The summed E-state index contributed by atoms with van der Waals surface area (Å²) in [6.45, 7) is 1.25. The molecule has 1 aromatic rings. The van der Waals surface area contributed by atoms with Crippen molar-refractivity contribution in [2.45, 2.75) is 12.8 Å². The molecule has 1 aliphatic heterocycles. The van der Waals surface area contributed by atoms with Crippen molar-refractivity contribution in [2.75, 3.05) is 18.0 Å². The summed E-state index contributed by atoms with van der Waals surface area (Å²) >= 11 is 0. The Hall–Kier alpha value is -2.25. The number of aliphatic carboxylic acids is 1. The zero-order valence-electron chi connectivity index (χ0n) is 9.52. The number of carboxylic acids is 1. The van der Waals surface area contributed by atoms with E-state index in [1.54, 1.807) is 0 Å². The maximum Gasteiger partial charge on any atom is 0.305 e. The average Bonchev–Trinajstić information content (AvgIpc) is 2.76. The summed E-state index contributed by atoms with van der Waals surface area (Å²) in [5.41, 5.74) is -0.153. The van der Waals surface area contributed by atoms with E-state index in [-0.39, 0.29) is 18.0 Å². The number of hydrogen-bond acceptors (Lipinski definition) is 6. The molecule has 0 amide bonds. The minimum absolute atomic E-state index is 0.0845. The highest BCUT2D eigenvalue weighted by Gasteiger charge is 2.26. The van der Waals surface area contributed by atoms with E-state index < -0.39 is 10.9 Å². The van der Waals surface area contributed by atoms with Crippen LogP contribution >= 0.6 is 0 Å². The summed E-state index contributed by atoms with van der Waals surface area (Å²) in [6, 6.07) is 0. The van der Waals surface area contributed by atoms with Crippen LogP contribution in [0, 0.1) is 16.0 Å². The number of nitrogens with zero attached hydrogens (tertiary/aromatic N) is 4. The molecule has 2 rings (SSSR count). The van der Waals surface area contributed by atoms with Crippen LogP contribution in [0.3, 0.4) is 0 Å². The van der Waals surface area contributed by atoms with E-state index in [1.807, 2.05) is 4.90 Å². The molecule has 1 N–H and O–H groups in total. The molecule has 1 aliphatic rings. The molecule has 0 aliphatic carbocycles. The first-order chi connectivity index (χ1) is 8.56. The maximum absolute atomic E-state index is 10.6. The number of rotatable bonds is 4. The summed E-state index contributed by atoms with van der Waals surface area (Å²) in [5.74, 6) is -0.318. The summed E-state index contributed by atoms with van der Waals surface area (Å²) < 4.78 is 0. The summed E-state index contributed by atoms with van der Waals surface area (Å²) in [6.07, 6.45) is 3.22. The minimum atomic E-state index is -0.813. The van der Waals surface area contributed by atoms with Crippen LogP contribution in [0.25, 0.3) is 0 Å². The largest absolute Gasteiger partial charge is 0.481 e. The quantitative estimate of drug-likeness (QED) is 0.619. The molecule has 2 heterocycles. The maximum atomic E-state index is 10.6. The highest BCUT2D eigenvalue weighted by Crippen LogP contribution is 2.23. The molecule has 1 fully saturated rings. The van der Waals surface area contributed by atoms with Crippen LogP contribution in [0.5, 0.6) is 0 Å². The van der Waals surface area contributed by atoms with Gasteiger partial charge in [0, 0.05) is 19.5 Å². The Morgan fingerprint density at radius 1 is 1.56 bits per heavy atom. The summed E-state index contributed by atoms with van der Waals surface area (Å²) in [7, 11) is 0. The van der Waals surface area contributed by atoms with Gasteiger partial charge in [0.1, 0.15) is 12.4 Å². The van der Waals surface area contributed by atoms with E-state index in [2.05, 4.69) is 9.97 Å². The zero-order valence-corrected chi connectivity index (χ0v) is 9.52. The van der Waals surface area contributed by atoms with E-state index >= 15 is 0 Å². The molecule has 8 nitrogen and oxygen atoms in total. The van der Waals surface area contributed by atoms with E-state index in [1.165, 1.54) is 0 Å². The fraction of sp³-hybridized carbons (Fsp3) is 0.500. The number of carbonyl (C=O) groups is 1. The van der Waals surface area contributed by atoms with Gasteiger partial charge in [-0.3, -0.25) is 14.9 Å². The summed E-state index contributed by atoms with van der Waals surface area (Å²) in [4.78, 5) is 30.2. The average molecular weight is 252 g/mol. The molecule has 0 radical (unpaired) electrons. The SMILES string of the molecule is O=C(O)CC1CCN(c2ncc([N+](=O)[O-])cn2)C1. The Morgan fingerprint density at radius 2 is 2.22 bits per heavy atom. The molecule has 18 heavy (non-hydrogen) atoms. The third-order valence-corrected chi connectivity index (χ3v) is 2.87. The van der Waals surface area contributed by atoms with E-state index in [9.17, 15) is 14.9 Å². The van der Waals surface area contributed by atoms with Gasteiger partial charge in [0.2, 0.25) is 5.95 Å². The second kappa shape index (κ2) is 4.94. The van der Waals surface area contributed by atoms with Gasteiger partial charge >= 0.3 is 11.7 Å². The van der Waals surface area contributed by atoms with Gasteiger partial charge in [-0.25, -0.2) is 9.97 Å². The standard InChI is InChI=1S/C10H12N4O4/c15-9(16)3-7-1-2-13(6-7)10-11-4-8(5-12-10)14(17)18/h4-5,7H,1-3,6H2,(H,15,16). The lowest BCUT2D eigenvalue weighted by atomic mass is 10.1. The predicted molar refractivity (Wildman–Crippen MR) is 61.3 cm³/mol. The minimum Gasteiger partial charge on any atom is -0.481 e. The Labute approximate surface area is 102 Å². The lowest BCUT2D eigenvalue weighted by molar-refractivity contribution is -0.385. The number of carboxylic acid groups (broad SMARTS) is 1. The Morgan fingerprint density at radius 3 is 2.78 bits per heavy atom. The van der Waals surface area contributed by atoms with Crippen LogP contribution in [-0.4, -0.2) is 39.1 Å². The molecular formula is C10H12N4O4. The van der Waals surface area contributed by atoms with Gasteiger partial charge in [-0.1, -0.05) is 0 Å². The molecule has 1 saturated heterocycles. The molecule has 1 aromatic heterocycles. The molecule has 0 bridgehead atoms. The van der Waals surface area contributed by atoms with Crippen LogP contribution in [-0.2, 0) is 4.79 Å². The first kappa shape index (κ1) is 12.2. The van der Waals surface area contributed by atoms with E-state index in [4.69, 9.17) is 5.11 Å². The lowest BCUT2D eigenvalue weighted by Gasteiger charge is -2.15. The van der Waals surface area contributed by atoms with Crippen molar-refractivity contribution in [2.24, 2.45) is 5.92 Å². The lowest BCUT2D eigenvalue weighted by Crippen LogP contribution is -2.22. The van der Waals surface area contributed by atoms with Gasteiger partial charge in [0.15, 0.2) is 0 Å². The Kier molecular flexibility index (Phi) is 3.35. The van der Waals surface area contributed by atoms with Crippen LogP contribution in [0.2, 0.25) is 0 Å². The number of hydrogen-bond donors (Lipinski definition) is 1. The van der Waals surface area contributed by atoms with Crippen molar-refractivity contribution in [1.82, 2.24) is 9.97 Å². The molecule has 1 atom stereocenters. The van der Waals surface area contributed by atoms with Crippen molar-refractivity contribution in [3.8, 4) is 0 Å². The number of aromatic nitrogens is 2. The first-order valence-corrected chi connectivity index (χ1v) is 5.49. The Balaban J connectivity index is 2.01. The van der Waals surface area contributed by atoms with Crippen molar-refractivity contribution >= 4 is 17.6 Å². The normalized spacial score (nSPS) is 18.9. The van der Waals surface area contributed by atoms with Gasteiger partial charge in [-0.05, 0) is 12.3 Å². The fourth-order valence-corrected chi connectivity index (χ4v) is 2.00. The molecule has 0 spiro atoms. The van der Waals surface area contributed by atoms with Gasteiger partial charge in [0.05, 0.1) is 4.92 Å². The second-order valence-electron chi connectivity index (χ2n) is 4.20. The number of anilines is 1. The summed E-state index contributed by atoms with van der Waals surface area (Å²) in [5, 5.41) is 19.2. The van der Waals surface area contributed by atoms with Crippen LogP contribution in [0.15, 0.2) is 12.4 Å². The van der Waals surface area contributed by atoms with Crippen molar-refractivity contribution in [3.63, 3.8) is 0 Å². The zero-order chi connectivity index (χ0) is 13.1.